The molecule has 0 bridgehead atoms. The summed E-state index contributed by atoms with van der Waals surface area (Å²) in [5, 5.41) is 21.2. The second-order valence-electron chi connectivity index (χ2n) is 6.25. The van der Waals surface area contributed by atoms with Crippen LogP contribution in [0.3, 0.4) is 0 Å². The fourth-order valence-electron chi connectivity index (χ4n) is 3.74. The molecule has 8 nitrogen and oxygen atoms in total. The Morgan fingerprint density at radius 2 is 2.33 bits per heavy atom. The number of hydrogen-bond donors (Lipinski definition) is 2. The highest BCUT2D eigenvalue weighted by Crippen LogP contribution is 2.49. The highest BCUT2D eigenvalue weighted by Gasteiger charge is 2.55. The van der Waals surface area contributed by atoms with E-state index in [0.29, 0.717) is 28.9 Å². The molecule has 9 heteroatoms. The number of aromatic nitrogens is 2. The highest BCUT2D eigenvalue weighted by atomic mass is 32.1. The van der Waals surface area contributed by atoms with Crippen molar-refractivity contribution in [1.82, 2.24) is 15.1 Å². The third-order valence-electron chi connectivity index (χ3n) is 4.95. The molecular weight excluding hydrogens is 332 g/mol. The van der Waals surface area contributed by atoms with Crippen LogP contribution in [0.5, 0.6) is 0 Å². The van der Waals surface area contributed by atoms with Gasteiger partial charge in [0, 0.05) is 13.1 Å². The van der Waals surface area contributed by atoms with Crippen LogP contribution in [0.1, 0.15) is 19.3 Å². The van der Waals surface area contributed by atoms with Crippen molar-refractivity contribution in [3.63, 3.8) is 0 Å². The smallest absolute Gasteiger partial charge is 0.323 e. The summed E-state index contributed by atoms with van der Waals surface area (Å²) in [5.41, 5.74) is -0.780. The van der Waals surface area contributed by atoms with E-state index in [1.165, 1.54) is 11.3 Å². The molecule has 0 aromatic carbocycles. The Morgan fingerprint density at radius 1 is 1.46 bits per heavy atom. The fourth-order valence-corrected chi connectivity index (χ4v) is 4.44. The van der Waals surface area contributed by atoms with Crippen molar-refractivity contribution in [1.29, 1.82) is 0 Å². The van der Waals surface area contributed by atoms with Gasteiger partial charge < -0.3 is 14.4 Å². The van der Waals surface area contributed by atoms with Crippen molar-refractivity contribution in [2.75, 3.05) is 18.4 Å². The average molecular weight is 348 g/mol. The lowest BCUT2D eigenvalue weighted by molar-refractivity contribution is -0.149. The van der Waals surface area contributed by atoms with Gasteiger partial charge in [-0.1, -0.05) is 17.8 Å². The van der Waals surface area contributed by atoms with E-state index in [0.717, 1.165) is 12.8 Å². The predicted molar refractivity (Wildman–Crippen MR) is 85.6 cm³/mol. The molecule has 2 atom stereocenters. The molecule has 2 aliphatic rings. The number of rotatable bonds is 3. The number of carboxylic acid groups (broad SMARTS) is 1. The van der Waals surface area contributed by atoms with E-state index in [1.807, 2.05) is 0 Å². The molecule has 2 aromatic rings. The Balaban J connectivity index is 1.45. The first-order chi connectivity index (χ1) is 11.6. The quantitative estimate of drug-likeness (QED) is 0.882. The number of fused-ring (bicyclic) bond motifs is 1. The molecule has 1 saturated carbocycles. The van der Waals surface area contributed by atoms with Crippen molar-refractivity contribution >= 4 is 28.5 Å². The number of amides is 2. The van der Waals surface area contributed by atoms with Gasteiger partial charge in [-0.25, -0.2) is 4.79 Å². The van der Waals surface area contributed by atoms with Crippen LogP contribution in [-0.2, 0) is 4.79 Å². The summed E-state index contributed by atoms with van der Waals surface area (Å²) in [6, 6.07) is 3.19. The van der Waals surface area contributed by atoms with Gasteiger partial charge in [-0.05, 0) is 30.9 Å². The third kappa shape index (κ3) is 2.35. The third-order valence-corrected chi connectivity index (χ3v) is 5.81. The standard InChI is InChI=1S/C15H16N4O4S/c20-12(21)15-5-1-3-9(15)7-19(8-15)14(22)16-13-18-17-11(24-13)10-4-2-6-23-10/h2,4,6,9H,1,3,5,7-8H2,(H,20,21)(H,16,18,22)/t9-,15+/m0/s1. The second-order valence-corrected chi connectivity index (χ2v) is 7.23. The molecule has 1 aliphatic heterocycles. The van der Waals surface area contributed by atoms with Gasteiger partial charge in [-0.15, -0.1) is 10.2 Å². The minimum Gasteiger partial charge on any atom is -0.481 e. The van der Waals surface area contributed by atoms with E-state index in [-0.39, 0.29) is 18.5 Å². The zero-order chi connectivity index (χ0) is 16.7. The lowest BCUT2D eigenvalue weighted by atomic mass is 9.81. The zero-order valence-corrected chi connectivity index (χ0v) is 13.6. The zero-order valence-electron chi connectivity index (χ0n) is 12.8. The molecule has 2 aromatic heterocycles. The van der Waals surface area contributed by atoms with Gasteiger partial charge in [0.1, 0.15) is 0 Å². The number of anilines is 1. The number of carboxylic acids is 1. The van der Waals surface area contributed by atoms with Crippen LogP contribution in [0.2, 0.25) is 0 Å². The molecular formula is C15H16N4O4S. The Labute approximate surface area is 141 Å². The van der Waals surface area contributed by atoms with Crippen LogP contribution < -0.4 is 5.32 Å². The van der Waals surface area contributed by atoms with Gasteiger partial charge in [0.2, 0.25) is 5.13 Å². The maximum atomic E-state index is 12.4. The van der Waals surface area contributed by atoms with Gasteiger partial charge >= 0.3 is 12.0 Å². The number of carbonyl (C=O) groups is 2. The van der Waals surface area contributed by atoms with Crippen LogP contribution in [0.25, 0.3) is 10.8 Å². The Kier molecular flexibility index (Phi) is 3.52. The number of nitrogens with zero attached hydrogens (tertiary/aromatic N) is 3. The second kappa shape index (κ2) is 5.59. The molecule has 4 rings (SSSR count). The van der Waals surface area contributed by atoms with E-state index in [1.54, 1.807) is 23.3 Å². The van der Waals surface area contributed by atoms with Crippen LogP contribution in [0, 0.1) is 11.3 Å². The molecule has 3 heterocycles. The SMILES string of the molecule is O=C(Nc1nnc(-c2ccco2)s1)N1C[C@@H]2CCC[C@@]2(C(=O)O)C1. The maximum Gasteiger partial charge on any atom is 0.323 e. The van der Waals surface area contributed by atoms with Crippen LogP contribution >= 0.6 is 11.3 Å². The monoisotopic (exact) mass is 348 g/mol. The van der Waals surface area contributed by atoms with E-state index < -0.39 is 11.4 Å². The van der Waals surface area contributed by atoms with Crippen molar-refractivity contribution in [2.45, 2.75) is 19.3 Å². The summed E-state index contributed by atoms with van der Waals surface area (Å²) >= 11 is 1.21. The molecule has 2 fully saturated rings. The van der Waals surface area contributed by atoms with Crippen molar-refractivity contribution in [2.24, 2.45) is 11.3 Å². The van der Waals surface area contributed by atoms with Gasteiger partial charge in [0.05, 0.1) is 11.7 Å². The Bertz CT molecular complexity index is 774. The van der Waals surface area contributed by atoms with Gasteiger partial charge in [0.25, 0.3) is 0 Å². The minimum absolute atomic E-state index is 0.0360. The number of aliphatic carboxylic acids is 1. The lowest BCUT2D eigenvalue weighted by Gasteiger charge is -2.23. The summed E-state index contributed by atoms with van der Waals surface area (Å²) in [4.78, 5) is 25.7. The largest absolute Gasteiger partial charge is 0.481 e. The van der Waals surface area contributed by atoms with Gasteiger partial charge in [-0.2, -0.15) is 0 Å². The maximum absolute atomic E-state index is 12.4. The van der Waals surface area contributed by atoms with Crippen molar-refractivity contribution in [3.05, 3.63) is 18.4 Å². The van der Waals surface area contributed by atoms with Crippen LogP contribution in [0.15, 0.2) is 22.8 Å². The number of furan rings is 1. The van der Waals surface area contributed by atoms with E-state index >= 15 is 0 Å². The summed E-state index contributed by atoms with van der Waals surface area (Å²) in [5.74, 6) is -0.168. The van der Waals surface area contributed by atoms with Gasteiger partial charge in [0.15, 0.2) is 10.8 Å². The molecule has 1 aliphatic carbocycles. The Hall–Kier alpha value is -2.42. The fraction of sp³-hybridized carbons (Fsp3) is 0.467. The van der Waals surface area contributed by atoms with Crippen molar-refractivity contribution in [3.8, 4) is 10.8 Å². The summed E-state index contributed by atoms with van der Waals surface area (Å²) in [6.45, 7) is 0.727. The molecule has 0 radical (unpaired) electrons. The summed E-state index contributed by atoms with van der Waals surface area (Å²) in [7, 11) is 0. The summed E-state index contributed by atoms with van der Waals surface area (Å²) < 4.78 is 5.25. The van der Waals surface area contributed by atoms with Gasteiger partial charge in [-0.3, -0.25) is 10.1 Å². The van der Waals surface area contributed by atoms with E-state index in [4.69, 9.17) is 4.42 Å². The Morgan fingerprint density at radius 3 is 3.04 bits per heavy atom. The molecule has 2 N–H and O–H groups in total. The normalized spacial score (nSPS) is 25.7. The van der Waals surface area contributed by atoms with Crippen LogP contribution in [-0.4, -0.2) is 45.3 Å². The number of hydrogen-bond acceptors (Lipinski definition) is 6. The first-order valence-electron chi connectivity index (χ1n) is 7.75. The minimum atomic E-state index is -0.795. The van der Waals surface area contributed by atoms with Crippen molar-refractivity contribution < 1.29 is 19.1 Å². The number of urea groups is 1. The number of carbonyl (C=O) groups excluding carboxylic acids is 1. The molecule has 2 amide bonds. The lowest BCUT2D eigenvalue weighted by Crippen LogP contribution is -2.38. The molecule has 0 spiro atoms. The number of likely N-dealkylation sites (tertiary alicyclic amines) is 1. The first kappa shape index (κ1) is 15.1. The molecule has 0 unspecified atom stereocenters. The molecule has 24 heavy (non-hydrogen) atoms. The average Bonchev–Trinajstić information content (AvgIpc) is 3.30. The van der Waals surface area contributed by atoms with E-state index in [9.17, 15) is 14.7 Å². The first-order valence-corrected chi connectivity index (χ1v) is 8.57. The topological polar surface area (TPSA) is 109 Å². The highest BCUT2D eigenvalue weighted by molar-refractivity contribution is 7.18. The molecule has 1 saturated heterocycles. The summed E-state index contributed by atoms with van der Waals surface area (Å²) in [6.07, 6.45) is 3.95. The number of nitrogens with one attached hydrogen (secondary N) is 1. The molecule has 126 valence electrons. The van der Waals surface area contributed by atoms with Crippen LogP contribution in [0.4, 0.5) is 9.93 Å². The predicted octanol–water partition coefficient (Wildman–Crippen LogP) is 2.52. The van der Waals surface area contributed by atoms with E-state index in [2.05, 4.69) is 15.5 Å².